The van der Waals surface area contributed by atoms with Crippen LogP contribution in [0.4, 0.5) is 0 Å². The van der Waals surface area contributed by atoms with Gasteiger partial charge in [-0.25, -0.2) is 0 Å². The zero-order valence-electron chi connectivity index (χ0n) is 10.4. The monoisotopic (exact) mass is 243 g/mol. The summed E-state index contributed by atoms with van der Waals surface area (Å²) in [5.74, 6) is 1.45. The summed E-state index contributed by atoms with van der Waals surface area (Å²) in [5, 5.41) is 0. The number of nitrogens with two attached hydrogens (primary N) is 1. The Morgan fingerprint density at radius 3 is 2.39 bits per heavy atom. The zero-order chi connectivity index (χ0) is 12.8. The molecule has 2 rings (SSSR count). The van der Waals surface area contributed by atoms with Crippen LogP contribution in [-0.4, -0.2) is 20.3 Å². The molecule has 2 aromatic carbocycles. The third-order valence-electron chi connectivity index (χ3n) is 2.65. The lowest BCUT2D eigenvalue weighted by Crippen LogP contribution is -2.11. The Morgan fingerprint density at radius 2 is 1.72 bits per heavy atom. The molecule has 0 atom stereocenters. The van der Waals surface area contributed by atoms with Crippen molar-refractivity contribution in [2.75, 3.05) is 20.3 Å². The lowest BCUT2D eigenvalue weighted by molar-refractivity contribution is 0.302. The summed E-state index contributed by atoms with van der Waals surface area (Å²) >= 11 is 0. The molecule has 0 saturated carbocycles. The van der Waals surface area contributed by atoms with E-state index >= 15 is 0 Å². The van der Waals surface area contributed by atoms with Crippen molar-refractivity contribution in [3.8, 4) is 22.6 Å². The SMILES string of the molecule is COc1cc(-c2ccccc2)ccc1OCCN. The second-order valence-electron chi connectivity index (χ2n) is 3.87. The van der Waals surface area contributed by atoms with Crippen LogP contribution in [0, 0.1) is 0 Å². The van der Waals surface area contributed by atoms with Crippen LogP contribution in [0.5, 0.6) is 11.5 Å². The van der Waals surface area contributed by atoms with Gasteiger partial charge < -0.3 is 15.2 Å². The molecular formula is C15H17NO2. The molecule has 0 unspecified atom stereocenters. The smallest absolute Gasteiger partial charge is 0.161 e. The number of ether oxygens (including phenoxy) is 2. The van der Waals surface area contributed by atoms with Crippen LogP contribution < -0.4 is 15.2 Å². The normalized spacial score (nSPS) is 10.1. The first kappa shape index (κ1) is 12.5. The molecule has 94 valence electrons. The first-order valence-corrected chi connectivity index (χ1v) is 5.91. The molecule has 3 nitrogen and oxygen atoms in total. The second kappa shape index (κ2) is 6.07. The third-order valence-corrected chi connectivity index (χ3v) is 2.65. The molecule has 0 amide bonds. The Hall–Kier alpha value is -2.00. The quantitative estimate of drug-likeness (QED) is 0.878. The Balaban J connectivity index is 2.30. The molecule has 0 aliphatic carbocycles. The number of rotatable bonds is 5. The van der Waals surface area contributed by atoms with Gasteiger partial charge in [-0.3, -0.25) is 0 Å². The van der Waals surface area contributed by atoms with E-state index < -0.39 is 0 Å². The van der Waals surface area contributed by atoms with Gasteiger partial charge in [-0.05, 0) is 23.3 Å². The maximum atomic E-state index is 5.52. The molecule has 0 fully saturated rings. The van der Waals surface area contributed by atoms with E-state index in [1.807, 2.05) is 36.4 Å². The summed E-state index contributed by atoms with van der Waals surface area (Å²) in [6.45, 7) is 0.977. The van der Waals surface area contributed by atoms with E-state index in [1.54, 1.807) is 7.11 Å². The lowest BCUT2D eigenvalue weighted by Gasteiger charge is -2.11. The van der Waals surface area contributed by atoms with Gasteiger partial charge in [-0.2, -0.15) is 0 Å². The fraction of sp³-hybridized carbons (Fsp3) is 0.200. The maximum absolute atomic E-state index is 5.52. The van der Waals surface area contributed by atoms with Gasteiger partial charge in [0.05, 0.1) is 7.11 Å². The van der Waals surface area contributed by atoms with Crippen LogP contribution in [0.25, 0.3) is 11.1 Å². The topological polar surface area (TPSA) is 44.5 Å². The first-order valence-electron chi connectivity index (χ1n) is 5.91. The van der Waals surface area contributed by atoms with Crippen LogP contribution in [0.1, 0.15) is 0 Å². The van der Waals surface area contributed by atoms with E-state index in [2.05, 4.69) is 12.1 Å². The van der Waals surface area contributed by atoms with Crippen molar-refractivity contribution < 1.29 is 9.47 Å². The number of methoxy groups -OCH3 is 1. The molecule has 0 bridgehead atoms. The van der Waals surface area contributed by atoms with Gasteiger partial charge in [0, 0.05) is 6.54 Å². The highest BCUT2D eigenvalue weighted by atomic mass is 16.5. The van der Waals surface area contributed by atoms with Gasteiger partial charge in [0.2, 0.25) is 0 Å². The number of benzene rings is 2. The van der Waals surface area contributed by atoms with Crippen LogP contribution >= 0.6 is 0 Å². The van der Waals surface area contributed by atoms with Gasteiger partial charge in [0.1, 0.15) is 6.61 Å². The van der Waals surface area contributed by atoms with Crippen LogP contribution in [0.2, 0.25) is 0 Å². The Labute approximate surface area is 107 Å². The molecule has 2 N–H and O–H groups in total. The lowest BCUT2D eigenvalue weighted by atomic mass is 10.1. The van der Waals surface area contributed by atoms with E-state index in [0.29, 0.717) is 13.2 Å². The molecular weight excluding hydrogens is 226 g/mol. The number of hydrogen-bond donors (Lipinski definition) is 1. The number of hydrogen-bond acceptors (Lipinski definition) is 3. The Morgan fingerprint density at radius 1 is 0.944 bits per heavy atom. The highest BCUT2D eigenvalue weighted by Gasteiger charge is 2.06. The first-order chi connectivity index (χ1) is 8.85. The molecule has 0 spiro atoms. The highest BCUT2D eigenvalue weighted by Crippen LogP contribution is 2.32. The standard InChI is InChI=1S/C15H17NO2/c1-17-15-11-13(12-5-3-2-4-6-12)7-8-14(15)18-10-9-16/h2-8,11H,9-10,16H2,1H3. The van der Waals surface area contributed by atoms with E-state index in [1.165, 1.54) is 0 Å². The molecule has 0 saturated heterocycles. The summed E-state index contributed by atoms with van der Waals surface area (Å²) in [6, 6.07) is 16.1. The second-order valence-corrected chi connectivity index (χ2v) is 3.87. The summed E-state index contributed by atoms with van der Waals surface area (Å²) in [7, 11) is 1.64. The van der Waals surface area contributed by atoms with Gasteiger partial charge in [-0.15, -0.1) is 0 Å². The summed E-state index contributed by atoms with van der Waals surface area (Å²) in [4.78, 5) is 0. The molecule has 0 heterocycles. The Kier molecular flexibility index (Phi) is 4.20. The fourth-order valence-corrected chi connectivity index (χ4v) is 1.77. The van der Waals surface area contributed by atoms with E-state index in [9.17, 15) is 0 Å². The van der Waals surface area contributed by atoms with Crippen molar-refractivity contribution in [2.24, 2.45) is 5.73 Å². The third kappa shape index (κ3) is 2.81. The minimum Gasteiger partial charge on any atom is -0.493 e. The summed E-state index contributed by atoms with van der Waals surface area (Å²) in [6.07, 6.45) is 0. The average molecular weight is 243 g/mol. The largest absolute Gasteiger partial charge is 0.493 e. The van der Waals surface area contributed by atoms with E-state index in [4.69, 9.17) is 15.2 Å². The van der Waals surface area contributed by atoms with Gasteiger partial charge in [-0.1, -0.05) is 36.4 Å². The van der Waals surface area contributed by atoms with E-state index in [0.717, 1.165) is 22.6 Å². The molecule has 0 aromatic heterocycles. The molecule has 0 aliphatic rings. The molecule has 18 heavy (non-hydrogen) atoms. The van der Waals surface area contributed by atoms with Crippen LogP contribution in [0.3, 0.4) is 0 Å². The molecule has 0 radical (unpaired) electrons. The van der Waals surface area contributed by atoms with Gasteiger partial charge in [0.15, 0.2) is 11.5 Å². The Bertz CT molecular complexity index is 497. The van der Waals surface area contributed by atoms with Gasteiger partial charge in [0.25, 0.3) is 0 Å². The molecule has 0 aliphatic heterocycles. The van der Waals surface area contributed by atoms with Crippen LogP contribution in [-0.2, 0) is 0 Å². The predicted molar refractivity (Wildman–Crippen MR) is 73.0 cm³/mol. The fourth-order valence-electron chi connectivity index (χ4n) is 1.77. The minimum atomic E-state index is 0.487. The van der Waals surface area contributed by atoms with Crippen LogP contribution in [0.15, 0.2) is 48.5 Å². The summed E-state index contributed by atoms with van der Waals surface area (Å²) < 4.78 is 10.9. The average Bonchev–Trinajstić information content (AvgIpc) is 2.46. The van der Waals surface area contributed by atoms with Crippen molar-refractivity contribution in [1.29, 1.82) is 0 Å². The van der Waals surface area contributed by atoms with Crippen molar-refractivity contribution in [2.45, 2.75) is 0 Å². The van der Waals surface area contributed by atoms with Crippen molar-refractivity contribution in [3.63, 3.8) is 0 Å². The van der Waals surface area contributed by atoms with Crippen molar-refractivity contribution >= 4 is 0 Å². The van der Waals surface area contributed by atoms with Crippen molar-refractivity contribution in [1.82, 2.24) is 0 Å². The highest BCUT2D eigenvalue weighted by molar-refractivity contribution is 5.67. The minimum absolute atomic E-state index is 0.487. The molecule has 2 aromatic rings. The summed E-state index contributed by atoms with van der Waals surface area (Å²) in [5.41, 5.74) is 7.68. The van der Waals surface area contributed by atoms with E-state index in [-0.39, 0.29) is 0 Å². The maximum Gasteiger partial charge on any atom is 0.161 e. The van der Waals surface area contributed by atoms with Gasteiger partial charge >= 0.3 is 0 Å². The predicted octanol–water partition coefficient (Wildman–Crippen LogP) is 2.70. The molecule has 3 heteroatoms. The zero-order valence-corrected chi connectivity index (χ0v) is 10.4. The van der Waals surface area contributed by atoms with Crippen molar-refractivity contribution in [3.05, 3.63) is 48.5 Å².